The third kappa shape index (κ3) is 3.84. The summed E-state index contributed by atoms with van der Waals surface area (Å²) < 4.78 is 22.1. The molecule has 164 valence electrons. The molecular weight excluding hydrogens is 408 g/mol. The lowest BCUT2D eigenvalue weighted by Gasteiger charge is -2.39. The normalized spacial score (nSPS) is 26.0. The van der Waals surface area contributed by atoms with Crippen LogP contribution in [-0.4, -0.2) is 58.2 Å². The number of ether oxygens (including phenoxy) is 3. The maximum atomic E-state index is 13.0. The van der Waals surface area contributed by atoms with Crippen molar-refractivity contribution in [3.8, 4) is 28.4 Å². The minimum Gasteiger partial charge on any atom is -0.508 e. The molecule has 0 unspecified atom stereocenters. The number of hydrogen-bond donors (Lipinski definition) is 4. The summed E-state index contributed by atoms with van der Waals surface area (Å²) >= 11 is 0. The Morgan fingerprint density at radius 2 is 1.68 bits per heavy atom. The molecule has 9 heteroatoms. The number of aromatic hydroxyl groups is 1. The van der Waals surface area contributed by atoms with Gasteiger partial charge in [0.15, 0.2) is 11.5 Å². The highest BCUT2D eigenvalue weighted by Gasteiger charge is 2.43. The molecule has 2 heterocycles. The van der Waals surface area contributed by atoms with Crippen LogP contribution in [0.1, 0.15) is 6.92 Å². The highest BCUT2D eigenvalue weighted by atomic mass is 16.7. The van der Waals surface area contributed by atoms with Crippen LogP contribution in [0.15, 0.2) is 51.9 Å². The second-order valence-electron chi connectivity index (χ2n) is 7.32. The van der Waals surface area contributed by atoms with Crippen LogP contribution in [0.5, 0.6) is 17.2 Å². The first-order chi connectivity index (χ1) is 14.8. The molecule has 5 atom stereocenters. The molecule has 3 aromatic rings. The topological polar surface area (TPSA) is 139 Å². The molecular formula is C22H22O9. The Labute approximate surface area is 176 Å². The van der Waals surface area contributed by atoms with Crippen molar-refractivity contribution in [3.63, 3.8) is 0 Å². The van der Waals surface area contributed by atoms with Crippen LogP contribution in [0.25, 0.3) is 22.1 Å². The third-order valence-electron chi connectivity index (χ3n) is 5.29. The van der Waals surface area contributed by atoms with Crippen molar-refractivity contribution in [2.45, 2.75) is 37.6 Å². The smallest absolute Gasteiger partial charge is 0.229 e. The molecule has 1 aliphatic heterocycles. The maximum Gasteiger partial charge on any atom is 0.229 e. The number of fused-ring (bicyclic) bond motifs is 1. The van der Waals surface area contributed by atoms with Gasteiger partial charge in [0.25, 0.3) is 0 Å². The highest BCUT2D eigenvalue weighted by molar-refractivity contribution is 5.84. The van der Waals surface area contributed by atoms with Gasteiger partial charge in [-0.2, -0.15) is 0 Å². The molecule has 31 heavy (non-hydrogen) atoms. The number of aliphatic hydroxyl groups is 3. The lowest BCUT2D eigenvalue weighted by Crippen LogP contribution is -2.58. The first-order valence-corrected chi connectivity index (χ1v) is 9.59. The van der Waals surface area contributed by atoms with E-state index in [2.05, 4.69) is 0 Å². The van der Waals surface area contributed by atoms with E-state index in [-0.39, 0.29) is 33.6 Å². The molecule has 0 aliphatic carbocycles. The maximum absolute atomic E-state index is 13.0. The Morgan fingerprint density at radius 1 is 0.968 bits per heavy atom. The lowest BCUT2D eigenvalue weighted by molar-refractivity contribution is -0.268. The molecule has 0 radical (unpaired) electrons. The average molecular weight is 430 g/mol. The van der Waals surface area contributed by atoms with Gasteiger partial charge in [-0.05, 0) is 30.7 Å². The van der Waals surface area contributed by atoms with Gasteiger partial charge in [-0.25, -0.2) is 0 Å². The summed E-state index contributed by atoms with van der Waals surface area (Å²) in [6, 6.07) is 9.02. The minimum atomic E-state index is -1.50. The second-order valence-corrected chi connectivity index (χ2v) is 7.32. The molecule has 1 aromatic heterocycles. The van der Waals surface area contributed by atoms with Crippen molar-refractivity contribution < 1.29 is 39.1 Å². The fourth-order valence-electron chi connectivity index (χ4n) is 3.46. The Morgan fingerprint density at radius 3 is 2.35 bits per heavy atom. The summed E-state index contributed by atoms with van der Waals surface area (Å²) in [7, 11) is 1.39. The molecule has 0 saturated carbocycles. The van der Waals surface area contributed by atoms with E-state index in [4.69, 9.17) is 18.6 Å². The Balaban J connectivity index is 1.72. The molecule has 0 bridgehead atoms. The fourth-order valence-corrected chi connectivity index (χ4v) is 3.46. The number of aliphatic hydroxyl groups excluding tert-OH is 3. The second kappa shape index (κ2) is 8.20. The molecule has 4 N–H and O–H groups in total. The number of rotatable bonds is 4. The minimum absolute atomic E-state index is 0.0801. The number of phenols is 1. The zero-order valence-corrected chi connectivity index (χ0v) is 16.8. The molecule has 9 nitrogen and oxygen atoms in total. The van der Waals surface area contributed by atoms with E-state index in [0.717, 1.165) is 0 Å². The number of hydrogen-bond acceptors (Lipinski definition) is 9. The summed E-state index contributed by atoms with van der Waals surface area (Å²) in [4.78, 5) is 13.0. The predicted octanol–water partition coefficient (Wildman–Crippen LogP) is 1.38. The molecule has 2 aromatic carbocycles. The Bertz CT molecular complexity index is 1140. The monoisotopic (exact) mass is 430 g/mol. The van der Waals surface area contributed by atoms with Crippen LogP contribution in [0.3, 0.4) is 0 Å². The highest BCUT2D eigenvalue weighted by Crippen LogP contribution is 2.35. The molecule has 4 rings (SSSR count). The summed E-state index contributed by atoms with van der Waals surface area (Å²) in [5.74, 6) is 0.388. The van der Waals surface area contributed by atoms with Crippen molar-refractivity contribution in [2.24, 2.45) is 0 Å². The molecule has 0 amide bonds. The molecule has 1 aliphatic rings. The van der Waals surface area contributed by atoms with Crippen molar-refractivity contribution >= 4 is 11.0 Å². The first-order valence-electron chi connectivity index (χ1n) is 9.59. The van der Waals surface area contributed by atoms with Gasteiger partial charge in [-0.3, -0.25) is 4.79 Å². The van der Waals surface area contributed by atoms with Gasteiger partial charge in [0.1, 0.15) is 35.9 Å². The van der Waals surface area contributed by atoms with Crippen molar-refractivity contribution in [1.29, 1.82) is 0 Å². The zero-order valence-electron chi connectivity index (χ0n) is 16.8. The zero-order chi connectivity index (χ0) is 22.3. The van der Waals surface area contributed by atoms with Gasteiger partial charge in [0.05, 0.1) is 24.2 Å². The van der Waals surface area contributed by atoms with E-state index in [9.17, 15) is 25.2 Å². The van der Waals surface area contributed by atoms with Gasteiger partial charge in [0, 0.05) is 6.07 Å². The number of methoxy groups -OCH3 is 1. The Kier molecular flexibility index (Phi) is 5.59. The van der Waals surface area contributed by atoms with Crippen LogP contribution in [0, 0.1) is 0 Å². The summed E-state index contributed by atoms with van der Waals surface area (Å²) in [5.41, 5.74) is 0.786. The van der Waals surface area contributed by atoms with Crippen LogP contribution < -0.4 is 14.9 Å². The summed E-state index contributed by atoms with van der Waals surface area (Å²) in [6.45, 7) is 1.54. The predicted molar refractivity (Wildman–Crippen MR) is 109 cm³/mol. The fraction of sp³-hybridized carbons (Fsp3) is 0.318. The first kappa shape index (κ1) is 21.1. The molecule has 1 saturated heterocycles. The number of benzene rings is 2. The van der Waals surface area contributed by atoms with Crippen LogP contribution >= 0.6 is 0 Å². The van der Waals surface area contributed by atoms with E-state index in [1.54, 1.807) is 12.1 Å². The number of phenolic OH excluding ortho intramolecular Hbond substituents is 1. The molecule has 1 fully saturated rings. The SMILES string of the molecule is COc1cc2c(=O)c(-c3ccc(O)cc3)coc2cc1O[C@H]1O[C@H](C)[C@@H](O)[C@H](O)[C@@H]1O. The standard InChI is InChI=1S/C22H22O9/c1-10-18(24)20(26)21(27)22(30-10)31-17-8-15-13(7-16(17)28-2)19(25)14(9-29-15)11-3-5-12(23)6-4-11/h3-10,18,20-24,26-27H,1-2H3/t10-,18-,20+,21+,22-/m1/s1. The van der Waals surface area contributed by atoms with Gasteiger partial charge >= 0.3 is 0 Å². The lowest BCUT2D eigenvalue weighted by atomic mass is 10.00. The van der Waals surface area contributed by atoms with E-state index in [1.165, 1.54) is 44.6 Å². The van der Waals surface area contributed by atoms with Crippen molar-refractivity contribution in [3.05, 3.63) is 52.9 Å². The third-order valence-corrected chi connectivity index (χ3v) is 5.29. The van der Waals surface area contributed by atoms with Gasteiger partial charge < -0.3 is 39.1 Å². The van der Waals surface area contributed by atoms with E-state index < -0.39 is 30.7 Å². The van der Waals surface area contributed by atoms with Gasteiger partial charge in [-0.15, -0.1) is 0 Å². The Hall–Kier alpha value is -3.11. The van der Waals surface area contributed by atoms with E-state index in [1.807, 2.05) is 0 Å². The molecule has 0 spiro atoms. The van der Waals surface area contributed by atoms with Gasteiger partial charge in [-0.1, -0.05) is 12.1 Å². The van der Waals surface area contributed by atoms with Gasteiger partial charge in [0.2, 0.25) is 11.7 Å². The van der Waals surface area contributed by atoms with Crippen LogP contribution in [0.2, 0.25) is 0 Å². The summed E-state index contributed by atoms with van der Waals surface area (Å²) in [6.07, 6.45) is -4.96. The largest absolute Gasteiger partial charge is 0.508 e. The summed E-state index contributed by atoms with van der Waals surface area (Å²) in [5, 5.41) is 39.7. The van der Waals surface area contributed by atoms with E-state index >= 15 is 0 Å². The average Bonchev–Trinajstić information content (AvgIpc) is 2.77. The van der Waals surface area contributed by atoms with Crippen molar-refractivity contribution in [1.82, 2.24) is 0 Å². The van der Waals surface area contributed by atoms with Crippen LogP contribution in [0.4, 0.5) is 0 Å². The quantitative estimate of drug-likeness (QED) is 0.483. The van der Waals surface area contributed by atoms with Crippen LogP contribution in [-0.2, 0) is 4.74 Å². The van der Waals surface area contributed by atoms with E-state index in [0.29, 0.717) is 11.1 Å². The van der Waals surface area contributed by atoms with Crippen molar-refractivity contribution in [2.75, 3.05) is 7.11 Å².